The van der Waals surface area contributed by atoms with Gasteiger partial charge in [-0.2, -0.15) is 10.1 Å². The van der Waals surface area contributed by atoms with Gasteiger partial charge in [-0.15, -0.1) is 0 Å². The Balaban J connectivity index is 1.20. The third-order valence-electron chi connectivity index (χ3n) is 5.17. The Morgan fingerprint density at radius 3 is 2.75 bits per heavy atom. The van der Waals surface area contributed by atoms with Gasteiger partial charge in [0.25, 0.3) is 5.91 Å². The van der Waals surface area contributed by atoms with E-state index in [0.717, 1.165) is 36.5 Å². The second-order valence-corrected chi connectivity index (χ2v) is 7.44. The summed E-state index contributed by atoms with van der Waals surface area (Å²) in [4.78, 5) is 18.8. The van der Waals surface area contributed by atoms with Gasteiger partial charge in [-0.1, -0.05) is 5.16 Å². The molecule has 0 N–H and O–H groups in total. The fourth-order valence-corrected chi connectivity index (χ4v) is 3.45. The third-order valence-corrected chi connectivity index (χ3v) is 5.17. The number of rotatable bonds is 5. The largest absolute Gasteiger partial charge is 0.489 e. The molecule has 1 atom stereocenters. The van der Waals surface area contributed by atoms with Crippen molar-refractivity contribution in [3.63, 3.8) is 0 Å². The van der Waals surface area contributed by atoms with E-state index in [1.165, 1.54) is 0 Å². The molecule has 8 nitrogen and oxygen atoms in total. The normalized spacial score (nSPS) is 19.2. The number of aromatic nitrogens is 4. The van der Waals surface area contributed by atoms with Gasteiger partial charge in [-0.25, -0.2) is 0 Å². The summed E-state index contributed by atoms with van der Waals surface area (Å²) >= 11 is 0. The van der Waals surface area contributed by atoms with Crippen LogP contribution >= 0.6 is 0 Å². The lowest BCUT2D eigenvalue weighted by Gasteiger charge is -2.16. The van der Waals surface area contributed by atoms with Crippen LogP contribution < -0.4 is 4.74 Å². The predicted octanol–water partition coefficient (Wildman–Crippen LogP) is 2.64. The molecule has 1 aliphatic heterocycles. The quantitative estimate of drug-likeness (QED) is 0.677. The Kier molecular flexibility index (Phi) is 4.11. The lowest BCUT2D eigenvalue weighted by atomic mass is 10.2. The molecule has 1 saturated carbocycles. The van der Waals surface area contributed by atoms with Crippen molar-refractivity contribution >= 4 is 5.91 Å². The summed E-state index contributed by atoms with van der Waals surface area (Å²) in [6.45, 7) is 1.26. The summed E-state index contributed by atoms with van der Waals surface area (Å²) < 4.78 is 13.0. The van der Waals surface area contributed by atoms with Gasteiger partial charge in [0.2, 0.25) is 11.7 Å². The Labute approximate surface area is 162 Å². The van der Waals surface area contributed by atoms with Crippen LogP contribution in [0.25, 0.3) is 11.4 Å². The molecule has 1 aliphatic carbocycles. The number of amides is 1. The zero-order valence-corrected chi connectivity index (χ0v) is 15.6. The number of carbonyl (C=O) groups excluding carboxylic acids is 1. The van der Waals surface area contributed by atoms with E-state index in [2.05, 4.69) is 15.2 Å². The van der Waals surface area contributed by atoms with Crippen molar-refractivity contribution in [1.82, 2.24) is 24.8 Å². The number of benzene rings is 1. The minimum absolute atomic E-state index is 0.00174. The average molecular weight is 379 g/mol. The molecule has 1 aromatic carbocycles. The van der Waals surface area contributed by atoms with E-state index in [-0.39, 0.29) is 12.0 Å². The number of likely N-dealkylation sites (tertiary alicyclic amines) is 1. The van der Waals surface area contributed by atoms with Gasteiger partial charge in [-0.3, -0.25) is 9.48 Å². The highest BCUT2D eigenvalue weighted by Crippen LogP contribution is 2.39. The molecule has 8 heteroatoms. The number of aryl methyl sites for hydroxylation is 1. The maximum absolute atomic E-state index is 12.5. The molecule has 0 bridgehead atoms. The molecule has 5 rings (SSSR count). The topological polar surface area (TPSA) is 86.3 Å². The van der Waals surface area contributed by atoms with E-state index < -0.39 is 0 Å². The van der Waals surface area contributed by atoms with Crippen LogP contribution in [-0.4, -0.2) is 49.9 Å². The average Bonchev–Trinajstić information content (AvgIpc) is 3.10. The van der Waals surface area contributed by atoms with Crippen LogP contribution in [0.3, 0.4) is 0 Å². The van der Waals surface area contributed by atoms with Crippen molar-refractivity contribution in [2.45, 2.75) is 31.3 Å². The first-order valence-corrected chi connectivity index (χ1v) is 9.54. The van der Waals surface area contributed by atoms with Gasteiger partial charge in [0, 0.05) is 37.7 Å². The maximum Gasteiger partial charge on any atom is 0.257 e. The minimum Gasteiger partial charge on any atom is -0.489 e. The molecular formula is C20H21N5O3. The molecule has 1 unspecified atom stereocenters. The van der Waals surface area contributed by atoms with E-state index >= 15 is 0 Å². The Hall–Kier alpha value is -3.16. The molecule has 0 radical (unpaired) electrons. The van der Waals surface area contributed by atoms with Crippen LogP contribution in [0.1, 0.15) is 41.4 Å². The molecule has 0 spiro atoms. The lowest BCUT2D eigenvalue weighted by molar-refractivity contribution is 0.0772. The second kappa shape index (κ2) is 6.78. The molecule has 28 heavy (non-hydrogen) atoms. The SMILES string of the molecule is Cn1cc(C(=O)N2CCC(Oc3ccc(-c4noc(C5CC5)n4)cc3)C2)cn1. The van der Waals surface area contributed by atoms with Gasteiger partial charge in [0.15, 0.2) is 0 Å². The third kappa shape index (κ3) is 3.37. The smallest absolute Gasteiger partial charge is 0.257 e. The van der Waals surface area contributed by atoms with Gasteiger partial charge >= 0.3 is 0 Å². The molecule has 2 aliphatic rings. The number of hydrogen-bond donors (Lipinski definition) is 0. The summed E-state index contributed by atoms with van der Waals surface area (Å²) in [5.74, 6) is 2.57. The zero-order chi connectivity index (χ0) is 19.1. The summed E-state index contributed by atoms with van der Waals surface area (Å²) in [6, 6.07) is 7.69. The minimum atomic E-state index is -0.0156. The highest BCUT2D eigenvalue weighted by molar-refractivity contribution is 5.93. The molecule has 1 saturated heterocycles. The van der Waals surface area contributed by atoms with Crippen molar-refractivity contribution in [1.29, 1.82) is 0 Å². The van der Waals surface area contributed by atoms with Crippen LogP contribution in [0.5, 0.6) is 5.75 Å². The number of nitrogens with zero attached hydrogens (tertiary/aromatic N) is 5. The van der Waals surface area contributed by atoms with E-state index in [0.29, 0.717) is 30.4 Å². The molecule has 144 valence electrons. The zero-order valence-electron chi connectivity index (χ0n) is 15.6. The first-order chi connectivity index (χ1) is 13.7. The van der Waals surface area contributed by atoms with Crippen molar-refractivity contribution < 1.29 is 14.1 Å². The monoisotopic (exact) mass is 379 g/mol. The van der Waals surface area contributed by atoms with E-state index in [9.17, 15) is 4.79 Å². The fourth-order valence-electron chi connectivity index (χ4n) is 3.45. The van der Waals surface area contributed by atoms with Crippen LogP contribution in [0.2, 0.25) is 0 Å². The van der Waals surface area contributed by atoms with Gasteiger partial charge in [0.05, 0.1) is 18.3 Å². The first kappa shape index (κ1) is 17.0. The summed E-state index contributed by atoms with van der Waals surface area (Å²) in [5, 5.41) is 8.13. The van der Waals surface area contributed by atoms with E-state index in [1.54, 1.807) is 24.1 Å². The van der Waals surface area contributed by atoms with Gasteiger partial charge < -0.3 is 14.2 Å². The van der Waals surface area contributed by atoms with E-state index in [1.807, 2.05) is 29.2 Å². The molecular weight excluding hydrogens is 358 g/mol. The predicted molar refractivity (Wildman–Crippen MR) is 99.9 cm³/mol. The standard InChI is InChI=1S/C20H21N5O3/c1-24-11-15(10-21-24)20(26)25-9-8-17(12-25)27-16-6-4-13(5-7-16)18-22-19(28-23-18)14-2-3-14/h4-7,10-11,14,17H,2-3,8-9,12H2,1H3. The van der Waals surface area contributed by atoms with Crippen molar-refractivity contribution in [2.24, 2.45) is 7.05 Å². The Morgan fingerprint density at radius 1 is 1.21 bits per heavy atom. The van der Waals surface area contributed by atoms with Crippen LogP contribution in [0.15, 0.2) is 41.2 Å². The van der Waals surface area contributed by atoms with Crippen molar-refractivity contribution in [3.8, 4) is 17.1 Å². The molecule has 1 amide bonds. The summed E-state index contributed by atoms with van der Waals surface area (Å²) in [5.41, 5.74) is 1.51. The number of carbonyl (C=O) groups is 1. The number of ether oxygens (including phenoxy) is 1. The fraction of sp³-hybridized carbons (Fsp3) is 0.400. The number of hydrogen-bond acceptors (Lipinski definition) is 6. The summed E-state index contributed by atoms with van der Waals surface area (Å²) in [7, 11) is 1.80. The van der Waals surface area contributed by atoms with Crippen molar-refractivity contribution in [2.75, 3.05) is 13.1 Å². The van der Waals surface area contributed by atoms with Crippen molar-refractivity contribution in [3.05, 3.63) is 48.1 Å². The first-order valence-electron chi connectivity index (χ1n) is 9.54. The highest BCUT2D eigenvalue weighted by atomic mass is 16.5. The van der Waals surface area contributed by atoms with Crippen LogP contribution in [0.4, 0.5) is 0 Å². The molecule has 2 fully saturated rings. The molecule has 2 aromatic heterocycles. The highest BCUT2D eigenvalue weighted by Gasteiger charge is 2.30. The molecule has 3 aromatic rings. The Morgan fingerprint density at radius 2 is 2.04 bits per heavy atom. The summed E-state index contributed by atoms with van der Waals surface area (Å²) in [6.07, 6.45) is 6.40. The molecule has 3 heterocycles. The van der Waals surface area contributed by atoms with Gasteiger partial charge in [0.1, 0.15) is 11.9 Å². The Bertz CT molecular complexity index is 989. The van der Waals surface area contributed by atoms with Gasteiger partial charge in [-0.05, 0) is 37.1 Å². The maximum atomic E-state index is 12.5. The lowest BCUT2D eigenvalue weighted by Crippen LogP contribution is -2.30. The van der Waals surface area contributed by atoms with Crippen LogP contribution in [-0.2, 0) is 7.05 Å². The second-order valence-electron chi connectivity index (χ2n) is 7.44. The van der Waals surface area contributed by atoms with E-state index in [4.69, 9.17) is 9.26 Å². The van der Waals surface area contributed by atoms with Crippen LogP contribution in [0, 0.1) is 0 Å².